The van der Waals surface area contributed by atoms with Crippen molar-refractivity contribution in [3.8, 4) is 0 Å². The zero-order valence-corrected chi connectivity index (χ0v) is 9.43. The monoisotopic (exact) mass is 222 g/mol. The van der Waals surface area contributed by atoms with Gasteiger partial charge in [0.2, 0.25) is 0 Å². The Balaban J connectivity index is 2.29. The molecule has 1 aromatic heterocycles. The minimum atomic E-state index is -0.753. The van der Waals surface area contributed by atoms with E-state index in [1.165, 1.54) is 6.42 Å². The normalized spacial score (nSPS) is 21.0. The molecule has 1 aliphatic rings. The third kappa shape index (κ3) is 1.96. The summed E-state index contributed by atoms with van der Waals surface area (Å²) in [4.78, 5) is 15.6. The third-order valence-electron chi connectivity index (χ3n) is 3.58. The van der Waals surface area contributed by atoms with Crippen molar-refractivity contribution in [2.75, 3.05) is 0 Å². The van der Waals surface area contributed by atoms with Crippen molar-refractivity contribution in [3.63, 3.8) is 0 Å². The average molecular weight is 222 g/mol. The minimum Gasteiger partial charge on any atom is -0.479 e. The predicted octanol–water partition coefficient (Wildman–Crippen LogP) is 2.41. The van der Waals surface area contributed by atoms with Gasteiger partial charge < -0.3 is 9.67 Å². The van der Waals surface area contributed by atoms with E-state index in [2.05, 4.69) is 4.98 Å². The van der Waals surface area contributed by atoms with Crippen LogP contribution in [0.25, 0.3) is 0 Å². The van der Waals surface area contributed by atoms with Gasteiger partial charge in [0.05, 0.1) is 6.33 Å². The number of imidazole rings is 1. The number of carboxylic acids is 1. The van der Waals surface area contributed by atoms with Crippen LogP contribution < -0.4 is 0 Å². The molecule has 16 heavy (non-hydrogen) atoms. The first kappa shape index (κ1) is 11.2. The van der Waals surface area contributed by atoms with E-state index in [1.54, 1.807) is 23.3 Å². The molecule has 0 atom stereocenters. The lowest BCUT2D eigenvalue weighted by Gasteiger charge is -2.32. The van der Waals surface area contributed by atoms with Gasteiger partial charge in [0, 0.05) is 12.4 Å². The van der Waals surface area contributed by atoms with Crippen molar-refractivity contribution < 1.29 is 9.90 Å². The van der Waals surface area contributed by atoms with E-state index in [9.17, 15) is 9.90 Å². The number of carbonyl (C=O) groups is 1. The maximum atomic E-state index is 11.6. The van der Waals surface area contributed by atoms with E-state index in [0.29, 0.717) is 0 Å². The molecule has 0 amide bonds. The number of carboxylic acid groups (broad SMARTS) is 1. The fourth-order valence-corrected chi connectivity index (χ4v) is 2.59. The molecule has 0 spiro atoms. The fourth-order valence-electron chi connectivity index (χ4n) is 2.59. The summed E-state index contributed by atoms with van der Waals surface area (Å²) >= 11 is 0. The summed E-state index contributed by atoms with van der Waals surface area (Å²) in [5.41, 5.74) is -0.753. The van der Waals surface area contributed by atoms with Gasteiger partial charge in [0.25, 0.3) is 0 Å². The lowest BCUT2D eigenvalue weighted by Crippen LogP contribution is -2.41. The molecule has 0 bridgehead atoms. The lowest BCUT2D eigenvalue weighted by atomic mass is 9.83. The van der Waals surface area contributed by atoms with Crippen molar-refractivity contribution in [2.45, 2.75) is 50.5 Å². The average Bonchev–Trinajstić information content (AvgIpc) is 2.70. The van der Waals surface area contributed by atoms with Gasteiger partial charge in [-0.05, 0) is 12.8 Å². The molecule has 1 aromatic rings. The molecule has 1 saturated carbocycles. The van der Waals surface area contributed by atoms with Gasteiger partial charge >= 0.3 is 5.97 Å². The summed E-state index contributed by atoms with van der Waals surface area (Å²) in [6.45, 7) is 0. The van der Waals surface area contributed by atoms with Gasteiger partial charge in [-0.25, -0.2) is 9.78 Å². The summed E-state index contributed by atoms with van der Waals surface area (Å²) < 4.78 is 1.78. The van der Waals surface area contributed by atoms with Crippen molar-refractivity contribution in [1.82, 2.24) is 9.55 Å². The van der Waals surface area contributed by atoms with Crippen LogP contribution in [0.5, 0.6) is 0 Å². The number of hydrogen-bond donors (Lipinski definition) is 1. The Morgan fingerprint density at radius 1 is 1.19 bits per heavy atom. The minimum absolute atomic E-state index is 0.715. The Morgan fingerprint density at radius 2 is 1.81 bits per heavy atom. The van der Waals surface area contributed by atoms with Gasteiger partial charge in [0.1, 0.15) is 5.54 Å². The number of rotatable bonds is 2. The van der Waals surface area contributed by atoms with Crippen LogP contribution in [0, 0.1) is 0 Å². The molecule has 0 radical (unpaired) electrons. The molecule has 1 fully saturated rings. The number of hydrogen-bond acceptors (Lipinski definition) is 2. The quantitative estimate of drug-likeness (QED) is 0.836. The van der Waals surface area contributed by atoms with Gasteiger partial charge in [-0.15, -0.1) is 0 Å². The van der Waals surface area contributed by atoms with Crippen LogP contribution in [-0.2, 0) is 10.3 Å². The molecular weight excluding hydrogens is 204 g/mol. The van der Waals surface area contributed by atoms with E-state index in [1.807, 2.05) is 0 Å². The largest absolute Gasteiger partial charge is 0.479 e. The van der Waals surface area contributed by atoms with Crippen LogP contribution in [0.3, 0.4) is 0 Å². The van der Waals surface area contributed by atoms with Gasteiger partial charge in [-0.3, -0.25) is 0 Å². The summed E-state index contributed by atoms with van der Waals surface area (Å²) in [6.07, 6.45) is 12.0. The zero-order chi connectivity index (χ0) is 11.4. The molecule has 0 unspecified atom stereocenters. The molecule has 4 nitrogen and oxygen atoms in total. The molecule has 4 heteroatoms. The van der Waals surface area contributed by atoms with Crippen LogP contribution in [0.1, 0.15) is 44.9 Å². The van der Waals surface area contributed by atoms with Crippen molar-refractivity contribution >= 4 is 5.97 Å². The van der Waals surface area contributed by atoms with E-state index in [4.69, 9.17) is 0 Å². The van der Waals surface area contributed by atoms with E-state index < -0.39 is 11.5 Å². The van der Waals surface area contributed by atoms with Crippen LogP contribution in [0.4, 0.5) is 0 Å². The Kier molecular flexibility index (Phi) is 3.27. The topological polar surface area (TPSA) is 55.1 Å². The highest BCUT2D eigenvalue weighted by atomic mass is 16.4. The first-order valence-electron chi connectivity index (χ1n) is 5.97. The summed E-state index contributed by atoms with van der Waals surface area (Å²) in [7, 11) is 0. The van der Waals surface area contributed by atoms with Crippen LogP contribution in [0.15, 0.2) is 18.7 Å². The number of nitrogens with zero attached hydrogens (tertiary/aromatic N) is 2. The number of aliphatic carboxylic acids is 1. The molecule has 2 rings (SSSR count). The highest BCUT2D eigenvalue weighted by Crippen LogP contribution is 2.33. The standard InChI is InChI=1S/C12H18N2O2/c15-11(16)12(14-9-8-13-10-14)6-4-2-1-3-5-7-12/h8-10H,1-7H2,(H,15,16). The Bertz CT molecular complexity index is 338. The smallest absolute Gasteiger partial charge is 0.329 e. The van der Waals surface area contributed by atoms with Gasteiger partial charge in [-0.2, -0.15) is 0 Å². The highest BCUT2D eigenvalue weighted by molar-refractivity contribution is 5.76. The predicted molar refractivity (Wildman–Crippen MR) is 60.2 cm³/mol. The molecule has 1 aliphatic carbocycles. The highest BCUT2D eigenvalue weighted by Gasteiger charge is 2.39. The van der Waals surface area contributed by atoms with Crippen molar-refractivity contribution in [2.24, 2.45) is 0 Å². The SMILES string of the molecule is O=C(O)C1(n2ccnc2)CCCCCCC1. The number of aromatic nitrogens is 2. The maximum absolute atomic E-state index is 11.6. The Hall–Kier alpha value is -1.32. The molecule has 0 aliphatic heterocycles. The zero-order valence-electron chi connectivity index (χ0n) is 9.43. The van der Waals surface area contributed by atoms with E-state index in [0.717, 1.165) is 38.5 Å². The molecule has 1 N–H and O–H groups in total. The summed E-state index contributed by atoms with van der Waals surface area (Å²) in [5.74, 6) is -0.715. The summed E-state index contributed by atoms with van der Waals surface area (Å²) in [5, 5.41) is 9.53. The molecule has 0 saturated heterocycles. The Labute approximate surface area is 95.3 Å². The summed E-state index contributed by atoms with van der Waals surface area (Å²) in [6, 6.07) is 0. The van der Waals surface area contributed by atoms with E-state index in [-0.39, 0.29) is 0 Å². The van der Waals surface area contributed by atoms with E-state index >= 15 is 0 Å². The lowest BCUT2D eigenvalue weighted by molar-refractivity contribution is -0.149. The molecule has 0 aromatic carbocycles. The maximum Gasteiger partial charge on any atom is 0.329 e. The second-order valence-corrected chi connectivity index (χ2v) is 4.57. The van der Waals surface area contributed by atoms with Crippen LogP contribution in [-0.4, -0.2) is 20.6 Å². The molecular formula is C12H18N2O2. The van der Waals surface area contributed by atoms with Crippen molar-refractivity contribution in [3.05, 3.63) is 18.7 Å². The first-order valence-corrected chi connectivity index (χ1v) is 5.97. The fraction of sp³-hybridized carbons (Fsp3) is 0.667. The third-order valence-corrected chi connectivity index (χ3v) is 3.58. The second-order valence-electron chi connectivity index (χ2n) is 4.57. The Morgan fingerprint density at radius 3 is 2.31 bits per heavy atom. The van der Waals surface area contributed by atoms with Crippen LogP contribution in [0.2, 0.25) is 0 Å². The molecule has 88 valence electrons. The van der Waals surface area contributed by atoms with Gasteiger partial charge in [0.15, 0.2) is 0 Å². The second kappa shape index (κ2) is 4.68. The van der Waals surface area contributed by atoms with Crippen LogP contribution >= 0.6 is 0 Å². The van der Waals surface area contributed by atoms with Gasteiger partial charge in [-0.1, -0.05) is 32.1 Å². The molecule has 1 heterocycles. The van der Waals surface area contributed by atoms with Crippen molar-refractivity contribution in [1.29, 1.82) is 0 Å². The first-order chi connectivity index (χ1) is 7.76.